The van der Waals surface area contributed by atoms with Gasteiger partial charge in [0.25, 0.3) is 0 Å². The van der Waals surface area contributed by atoms with E-state index >= 15 is 0 Å². The first-order valence-corrected chi connectivity index (χ1v) is 11.7. The summed E-state index contributed by atoms with van der Waals surface area (Å²) in [6.07, 6.45) is 2.20. The predicted molar refractivity (Wildman–Crippen MR) is 106 cm³/mol. The van der Waals surface area contributed by atoms with Crippen LogP contribution < -0.4 is 9.46 Å². The van der Waals surface area contributed by atoms with Gasteiger partial charge in [0, 0.05) is 13.1 Å². The lowest BCUT2D eigenvalue weighted by molar-refractivity contribution is -0.274. The van der Waals surface area contributed by atoms with Crippen LogP contribution in [-0.4, -0.2) is 44.7 Å². The Morgan fingerprint density at radius 2 is 1.73 bits per heavy atom. The van der Waals surface area contributed by atoms with E-state index in [2.05, 4.69) is 9.46 Å². The van der Waals surface area contributed by atoms with Gasteiger partial charge >= 0.3 is 6.36 Å². The molecule has 1 aliphatic carbocycles. The molecule has 0 bridgehead atoms. The molecule has 1 atom stereocenters. The minimum Gasteiger partial charge on any atom is -0.406 e. The maximum absolute atomic E-state index is 13.0. The third-order valence-electron chi connectivity index (χ3n) is 5.26. The van der Waals surface area contributed by atoms with E-state index in [1.165, 1.54) is 0 Å². The van der Waals surface area contributed by atoms with Gasteiger partial charge in [-0.2, -0.15) is 4.72 Å². The van der Waals surface area contributed by atoms with Crippen molar-refractivity contribution >= 4 is 15.9 Å². The van der Waals surface area contributed by atoms with Crippen molar-refractivity contribution in [3.8, 4) is 5.75 Å². The Morgan fingerprint density at radius 1 is 1.17 bits per heavy atom. The van der Waals surface area contributed by atoms with E-state index in [-0.39, 0.29) is 16.8 Å². The normalized spacial score (nSPS) is 17.2. The molecule has 10 heteroatoms. The smallest absolute Gasteiger partial charge is 0.406 e. The number of nitrogens with zero attached hydrogens (tertiary/aromatic N) is 1. The number of benzene rings is 1. The van der Waals surface area contributed by atoms with Crippen molar-refractivity contribution in [2.75, 3.05) is 7.05 Å². The number of sulfonamides is 1. The van der Waals surface area contributed by atoms with Crippen LogP contribution in [0.4, 0.5) is 13.2 Å². The van der Waals surface area contributed by atoms with Gasteiger partial charge in [-0.15, -0.1) is 13.2 Å². The average molecular weight is 451 g/mol. The van der Waals surface area contributed by atoms with Crippen molar-refractivity contribution in [3.05, 3.63) is 24.3 Å². The number of amides is 1. The third-order valence-corrected chi connectivity index (χ3v) is 6.75. The Labute approximate surface area is 175 Å². The standard InChI is InChI=1S/C20H29F3N2O4S/c1-3-8-18(19(26)25(2)15-9-6-4-5-7-10-15)24-30(27,28)17-13-11-16(12-14-17)29-20(21,22)23/h11-15,18,24H,3-10H2,1-2H3/t18-/m1/s1. The Kier molecular flexibility index (Phi) is 8.54. The molecule has 30 heavy (non-hydrogen) atoms. The SMILES string of the molecule is CCC[C@@H](NS(=O)(=O)c1ccc(OC(F)(F)F)cc1)C(=O)N(C)C1CCCCCC1. The first-order chi connectivity index (χ1) is 14.0. The van der Waals surface area contributed by atoms with Gasteiger partial charge in [0.1, 0.15) is 11.8 Å². The molecule has 0 aromatic heterocycles. The summed E-state index contributed by atoms with van der Waals surface area (Å²) in [5.74, 6) is -0.805. The quantitative estimate of drug-likeness (QED) is 0.602. The Hall–Kier alpha value is -1.81. The van der Waals surface area contributed by atoms with Crippen LogP contribution in [0.15, 0.2) is 29.2 Å². The Balaban J connectivity index is 2.12. The largest absolute Gasteiger partial charge is 0.573 e. The lowest BCUT2D eigenvalue weighted by Crippen LogP contribution is -2.50. The van der Waals surface area contributed by atoms with Crippen LogP contribution >= 0.6 is 0 Å². The van der Waals surface area contributed by atoms with Crippen LogP contribution in [0, 0.1) is 0 Å². The zero-order valence-corrected chi connectivity index (χ0v) is 18.1. The molecule has 1 aliphatic rings. The molecule has 1 N–H and O–H groups in total. The van der Waals surface area contributed by atoms with Gasteiger partial charge in [0.2, 0.25) is 15.9 Å². The highest BCUT2D eigenvalue weighted by Crippen LogP contribution is 2.25. The average Bonchev–Trinajstić information content (AvgIpc) is 2.95. The van der Waals surface area contributed by atoms with Gasteiger partial charge in [-0.3, -0.25) is 4.79 Å². The molecule has 2 rings (SSSR count). The van der Waals surface area contributed by atoms with Crippen molar-refractivity contribution < 1.29 is 31.1 Å². The number of hydrogen-bond donors (Lipinski definition) is 1. The van der Waals surface area contributed by atoms with E-state index in [0.29, 0.717) is 12.8 Å². The highest BCUT2D eigenvalue weighted by atomic mass is 32.2. The van der Waals surface area contributed by atoms with Crippen LogP contribution in [0.3, 0.4) is 0 Å². The summed E-state index contributed by atoms with van der Waals surface area (Å²) in [5.41, 5.74) is 0. The minimum absolute atomic E-state index is 0.0858. The molecule has 0 radical (unpaired) electrons. The molecule has 0 spiro atoms. The van der Waals surface area contributed by atoms with E-state index in [0.717, 1.165) is 62.8 Å². The maximum Gasteiger partial charge on any atom is 0.573 e. The molecular formula is C20H29F3N2O4S. The first-order valence-electron chi connectivity index (χ1n) is 10.2. The van der Waals surface area contributed by atoms with Crippen molar-refractivity contribution in [1.29, 1.82) is 0 Å². The van der Waals surface area contributed by atoms with Crippen molar-refractivity contribution in [2.45, 2.75) is 81.6 Å². The van der Waals surface area contributed by atoms with E-state index in [4.69, 9.17) is 0 Å². The summed E-state index contributed by atoms with van der Waals surface area (Å²) in [6.45, 7) is 1.85. The number of carbonyl (C=O) groups is 1. The molecule has 6 nitrogen and oxygen atoms in total. The van der Waals surface area contributed by atoms with Gasteiger partial charge in [-0.05, 0) is 43.5 Å². The van der Waals surface area contributed by atoms with Crippen LogP contribution in [0.5, 0.6) is 5.75 Å². The van der Waals surface area contributed by atoms with Crippen molar-refractivity contribution in [3.63, 3.8) is 0 Å². The minimum atomic E-state index is -4.86. The third kappa shape index (κ3) is 7.16. The fourth-order valence-electron chi connectivity index (χ4n) is 3.67. The Morgan fingerprint density at radius 3 is 2.23 bits per heavy atom. The second-order valence-electron chi connectivity index (χ2n) is 7.58. The number of carbonyl (C=O) groups excluding carboxylic acids is 1. The molecule has 1 amide bonds. The lowest BCUT2D eigenvalue weighted by Gasteiger charge is -2.31. The number of ether oxygens (including phenoxy) is 1. The van der Waals surface area contributed by atoms with E-state index < -0.39 is 28.2 Å². The fourth-order valence-corrected chi connectivity index (χ4v) is 4.89. The van der Waals surface area contributed by atoms with E-state index in [1.807, 2.05) is 6.92 Å². The maximum atomic E-state index is 13.0. The number of likely N-dealkylation sites (N-methyl/N-ethyl adjacent to an activating group) is 1. The van der Waals surface area contributed by atoms with Crippen LogP contribution in [0.1, 0.15) is 58.3 Å². The molecule has 1 aromatic rings. The molecule has 0 heterocycles. The number of alkyl halides is 3. The molecule has 0 saturated heterocycles. The molecule has 0 aliphatic heterocycles. The molecule has 170 valence electrons. The Bertz CT molecular complexity index is 789. The zero-order chi connectivity index (χ0) is 22.4. The van der Waals surface area contributed by atoms with Crippen LogP contribution in [0.2, 0.25) is 0 Å². The molecule has 1 aromatic carbocycles. The van der Waals surface area contributed by atoms with Crippen molar-refractivity contribution in [2.24, 2.45) is 0 Å². The zero-order valence-electron chi connectivity index (χ0n) is 17.2. The number of hydrogen-bond acceptors (Lipinski definition) is 4. The van der Waals surface area contributed by atoms with Crippen molar-refractivity contribution in [1.82, 2.24) is 9.62 Å². The fraction of sp³-hybridized carbons (Fsp3) is 0.650. The van der Waals surface area contributed by atoms with Gasteiger partial charge < -0.3 is 9.64 Å². The highest BCUT2D eigenvalue weighted by molar-refractivity contribution is 7.89. The van der Waals surface area contributed by atoms with E-state index in [1.54, 1.807) is 11.9 Å². The summed E-state index contributed by atoms with van der Waals surface area (Å²) in [4.78, 5) is 14.4. The predicted octanol–water partition coefficient (Wildman–Crippen LogP) is 4.21. The summed E-state index contributed by atoms with van der Waals surface area (Å²) >= 11 is 0. The first kappa shape index (κ1) is 24.5. The highest BCUT2D eigenvalue weighted by Gasteiger charge is 2.32. The van der Waals surface area contributed by atoms with Crippen LogP contribution in [0.25, 0.3) is 0 Å². The summed E-state index contributed by atoms with van der Waals surface area (Å²) in [7, 11) is -2.39. The van der Waals surface area contributed by atoms with E-state index in [9.17, 15) is 26.4 Å². The molecule has 1 fully saturated rings. The molecular weight excluding hydrogens is 421 g/mol. The van der Waals surface area contributed by atoms with Crippen LogP contribution in [-0.2, 0) is 14.8 Å². The summed E-state index contributed by atoms with van der Waals surface area (Å²) < 4.78 is 68.5. The number of nitrogens with one attached hydrogen (secondary N) is 1. The topological polar surface area (TPSA) is 75.7 Å². The second kappa shape index (κ2) is 10.5. The number of rotatable bonds is 8. The monoisotopic (exact) mass is 450 g/mol. The molecule has 1 saturated carbocycles. The lowest BCUT2D eigenvalue weighted by atomic mass is 10.1. The number of halogens is 3. The van der Waals surface area contributed by atoms with Gasteiger partial charge in [0.05, 0.1) is 4.90 Å². The summed E-state index contributed by atoms with van der Waals surface area (Å²) in [5, 5.41) is 0. The second-order valence-corrected chi connectivity index (χ2v) is 9.29. The van der Waals surface area contributed by atoms with Gasteiger partial charge in [-0.1, -0.05) is 39.0 Å². The summed E-state index contributed by atoms with van der Waals surface area (Å²) in [6, 6.07) is 3.05. The van der Waals surface area contributed by atoms with Gasteiger partial charge in [0.15, 0.2) is 0 Å². The van der Waals surface area contributed by atoms with Gasteiger partial charge in [-0.25, -0.2) is 8.42 Å². The molecule has 0 unspecified atom stereocenters.